The summed E-state index contributed by atoms with van der Waals surface area (Å²) in [6.45, 7) is 3.25. The van der Waals surface area contributed by atoms with Crippen molar-refractivity contribution in [2.75, 3.05) is 6.26 Å². The van der Waals surface area contributed by atoms with E-state index in [1.54, 1.807) is 13.8 Å². The Hall–Kier alpha value is -0.580. The normalized spacial score (nSPS) is 29.0. The number of hydrogen-bond donors (Lipinski definition) is 1. The monoisotopic (exact) mass is 177 g/mol. The van der Waals surface area contributed by atoms with Crippen molar-refractivity contribution in [1.82, 2.24) is 5.32 Å². The van der Waals surface area contributed by atoms with E-state index >= 15 is 0 Å². The Bertz CT molecular complexity index is 291. The minimum atomic E-state index is -3.14. The van der Waals surface area contributed by atoms with Crippen LogP contribution < -0.4 is 5.32 Å². The number of carbonyl (C=O) groups excluding carboxylic acids is 1. The van der Waals surface area contributed by atoms with E-state index in [-0.39, 0.29) is 5.91 Å². The Kier molecular flexibility index (Phi) is 1.52. The zero-order chi connectivity index (χ0) is 8.86. The van der Waals surface area contributed by atoms with Crippen LogP contribution in [-0.2, 0) is 14.6 Å². The maximum atomic E-state index is 11.0. The highest BCUT2D eigenvalue weighted by atomic mass is 32.2. The standard InChI is InChI=1S/C6H11NO3S/c1-6(2)4(8)7-5(6)11(3,9)10/h5H,1-3H3,(H,7,8). The second-order valence-corrected chi connectivity index (χ2v) is 5.54. The SMILES string of the molecule is CC1(C)C(=O)NC1S(C)(=O)=O. The van der Waals surface area contributed by atoms with Gasteiger partial charge in [-0.3, -0.25) is 4.79 Å². The van der Waals surface area contributed by atoms with Gasteiger partial charge in [0.05, 0.1) is 5.41 Å². The number of nitrogens with one attached hydrogen (secondary N) is 1. The summed E-state index contributed by atoms with van der Waals surface area (Å²) in [6.07, 6.45) is 1.12. The first-order valence-corrected chi connectivity index (χ1v) is 5.21. The largest absolute Gasteiger partial charge is 0.338 e. The van der Waals surface area contributed by atoms with Crippen LogP contribution in [0.4, 0.5) is 0 Å². The molecule has 0 radical (unpaired) electrons. The summed E-state index contributed by atoms with van der Waals surface area (Å²) < 4.78 is 21.9. The fourth-order valence-corrected chi connectivity index (χ4v) is 2.67. The van der Waals surface area contributed by atoms with Crippen LogP contribution in [0.15, 0.2) is 0 Å². The molecule has 0 aromatic carbocycles. The van der Waals surface area contributed by atoms with Gasteiger partial charge < -0.3 is 5.32 Å². The molecule has 1 aliphatic heterocycles. The van der Waals surface area contributed by atoms with Gasteiger partial charge in [-0.25, -0.2) is 8.42 Å². The van der Waals surface area contributed by atoms with Crippen LogP contribution in [0, 0.1) is 5.41 Å². The summed E-state index contributed by atoms with van der Waals surface area (Å²) in [5, 5.41) is 1.64. The maximum Gasteiger partial charge on any atom is 0.229 e. The Balaban J connectivity index is 2.93. The molecule has 64 valence electrons. The molecule has 0 aliphatic carbocycles. The van der Waals surface area contributed by atoms with Crippen molar-refractivity contribution in [3.8, 4) is 0 Å². The Morgan fingerprint density at radius 1 is 1.45 bits per heavy atom. The second kappa shape index (κ2) is 1.97. The first-order valence-electron chi connectivity index (χ1n) is 3.26. The molecule has 0 spiro atoms. The predicted octanol–water partition coefficient (Wildman–Crippen LogP) is -0.487. The number of β-lactam (4-membered cyclic amide) rings is 1. The van der Waals surface area contributed by atoms with E-state index in [0.717, 1.165) is 6.26 Å². The second-order valence-electron chi connectivity index (χ2n) is 3.40. The van der Waals surface area contributed by atoms with Gasteiger partial charge in [0.1, 0.15) is 5.37 Å². The molecule has 1 aliphatic rings. The van der Waals surface area contributed by atoms with E-state index in [4.69, 9.17) is 0 Å². The molecule has 4 nitrogen and oxygen atoms in total. The third-order valence-corrected chi connectivity index (χ3v) is 3.49. The number of hydrogen-bond acceptors (Lipinski definition) is 3. The quantitative estimate of drug-likeness (QED) is 0.550. The third-order valence-electron chi connectivity index (χ3n) is 1.93. The van der Waals surface area contributed by atoms with E-state index in [9.17, 15) is 13.2 Å². The van der Waals surface area contributed by atoms with Gasteiger partial charge in [-0.1, -0.05) is 0 Å². The minimum Gasteiger partial charge on any atom is -0.338 e. The van der Waals surface area contributed by atoms with Gasteiger partial charge in [0.2, 0.25) is 5.91 Å². The lowest BCUT2D eigenvalue weighted by Crippen LogP contribution is -2.67. The van der Waals surface area contributed by atoms with Gasteiger partial charge in [0, 0.05) is 6.26 Å². The fraction of sp³-hybridized carbons (Fsp3) is 0.833. The van der Waals surface area contributed by atoms with Crippen LogP contribution in [0.3, 0.4) is 0 Å². The summed E-state index contributed by atoms with van der Waals surface area (Å²) in [4.78, 5) is 10.8. The Morgan fingerprint density at radius 2 is 1.91 bits per heavy atom. The summed E-state index contributed by atoms with van der Waals surface area (Å²) in [6, 6.07) is 0. The van der Waals surface area contributed by atoms with Crippen molar-refractivity contribution in [3.63, 3.8) is 0 Å². The highest BCUT2D eigenvalue weighted by Crippen LogP contribution is 2.32. The first-order chi connectivity index (χ1) is 4.76. The van der Waals surface area contributed by atoms with Crippen LogP contribution in [0.5, 0.6) is 0 Å². The van der Waals surface area contributed by atoms with E-state index in [1.807, 2.05) is 0 Å². The molecule has 0 saturated carbocycles. The van der Waals surface area contributed by atoms with Crippen LogP contribution >= 0.6 is 0 Å². The number of rotatable bonds is 1. The predicted molar refractivity (Wildman–Crippen MR) is 40.6 cm³/mol. The van der Waals surface area contributed by atoms with E-state index in [1.165, 1.54) is 0 Å². The summed E-state index contributed by atoms with van der Waals surface area (Å²) in [5.41, 5.74) is -0.756. The van der Waals surface area contributed by atoms with Gasteiger partial charge in [0.25, 0.3) is 0 Å². The lowest BCUT2D eigenvalue weighted by atomic mass is 9.85. The van der Waals surface area contributed by atoms with Crippen LogP contribution in [-0.4, -0.2) is 26.0 Å². The molecule has 1 fully saturated rings. The van der Waals surface area contributed by atoms with Crippen molar-refractivity contribution >= 4 is 15.7 Å². The molecular weight excluding hydrogens is 166 g/mol. The van der Waals surface area contributed by atoms with Crippen LogP contribution in [0.25, 0.3) is 0 Å². The number of carbonyl (C=O) groups is 1. The Labute approximate surface area is 65.9 Å². The zero-order valence-corrected chi connectivity index (χ0v) is 7.53. The van der Waals surface area contributed by atoms with E-state index in [0.29, 0.717) is 0 Å². The van der Waals surface area contributed by atoms with Crippen molar-refractivity contribution < 1.29 is 13.2 Å². The molecule has 1 N–H and O–H groups in total. The van der Waals surface area contributed by atoms with E-state index in [2.05, 4.69) is 5.32 Å². The average Bonchev–Trinajstić information content (AvgIpc) is 1.80. The van der Waals surface area contributed by atoms with Crippen LogP contribution in [0.2, 0.25) is 0 Å². The summed E-state index contributed by atoms with van der Waals surface area (Å²) in [7, 11) is -3.14. The molecule has 11 heavy (non-hydrogen) atoms. The van der Waals surface area contributed by atoms with Gasteiger partial charge in [-0.15, -0.1) is 0 Å². The maximum absolute atomic E-state index is 11.0. The van der Waals surface area contributed by atoms with Gasteiger partial charge >= 0.3 is 0 Å². The average molecular weight is 177 g/mol. The van der Waals surface area contributed by atoms with Gasteiger partial charge in [-0.2, -0.15) is 0 Å². The molecule has 1 amide bonds. The molecular formula is C6H11NO3S. The molecule has 1 atom stereocenters. The van der Waals surface area contributed by atoms with E-state index < -0.39 is 20.6 Å². The topological polar surface area (TPSA) is 63.2 Å². The van der Waals surface area contributed by atoms with Gasteiger partial charge in [-0.05, 0) is 13.8 Å². The molecule has 1 unspecified atom stereocenters. The lowest BCUT2D eigenvalue weighted by Gasteiger charge is -2.41. The smallest absolute Gasteiger partial charge is 0.229 e. The molecule has 0 aromatic heterocycles. The van der Waals surface area contributed by atoms with Crippen molar-refractivity contribution in [3.05, 3.63) is 0 Å². The third kappa shape index (κ3) is 1.13. The highest BCUT2D eigenvalue weighted by molar-refractivity contribution is 7.91. The first kappa shape index (κ1) is 8.52. The van der Waals surface area contributed by atoms with Crippen LogP contribution in [0.1, 0.15) is 13.8 Å². The molecule has 1 heterocycles. The highest BCUT2D eigenvalue weighted by Gasteiger charge is 2.52. The number of sulfone groups is 1. The lowest BCUT2D eigenvalue weighted by molar-refractivity contribution is -0.139. The molecule has 0 bridgehead atoms. The minimum absolute atomic E-state index is 0.201. The van der Waals surface area contributed by atoms with Crippen molar-refractivity contribution in [2.24, 2.45) is 5.41 Å². The zero-order valence-electron chi connectivity index (χ0n) is 6.71. The summed E-state index contributed by atoms with van der Waals surface area (Å²) >= 11 is 0. The molecule has 1 saturated heterocycles. The van der Waals surface area contributed by atoms with Gasteiger partial charge in [0.15, 0.2) is 9.84 Å². The number of amides is 1. The molecule has 5 heteroatoms. The van der Waals surface area contributed by atoms with Crippen molar-refractivity contribution in [1.29, 1.82) is 0 Å². The summed E-state index contributed by atoms with van der Waals surface area (Å²) in [5.74, 6) is -0.201. The fourth-order valence-electron chi connectivity index (χ4n) is 1.17. The van der Waals surface area contributed by atoms with Crippen molar-refractivity contribution in [2.45, 2.75) is 19.2 Å². The Morgan fingerprint density at radius 3 is 2.00 bits per heavy atom. The molecule has 1 rings (SSSR count). The molecule has 0 aromatic rings.